The summed E-state index contributed by atoms with van der Waals surface area (Å²) in [6.07, 6.45) is 2.11. The molecular formula is C6H5NO2. The van der Waals surface area contributed by atoms with Crippen LogP contribution in [0, 0.1) is 0 Å². The molecule has 0 aromatic carbocycles. The van der Waals surface area contributed by atoms with Gasteiger partial charge in [0.25, 0.3) is 0 Å². The van der Waals surface area contributed by atoms with E-state index in [1.54, 1.807) is 0 Å². The van der Waals surface area contributed by atoms with Gasteiger partial charge in [0.2, 0.25) is 0 Å². The molecule has 0 radical (unpaired) electrons. The van der Waals surface area contributed by atoms with Gasteiger partial charge in [-0.05, 0) is 6.08 Å². The molecule has 0 aliphatic rings. The number of hydrogen-bond acceptors (Lipinski definition) is 3. The van der Waals surface area contributed by atoms with Crippen LogP contribution in [0.3, 0.4) is 0 Å². The number of aldehydes is 1. The van der Waals surface area contributed by atoms with Gasteiger partial charge in [0.1, 0.15) is 5.69 Å². The second-order valence-corrected chi connectivity index (χ2v) is 1.48. The highest BCUT2D eigenvalue weighted by Gasteiger charge is 1.96. The van der Waals surface area contributed by atoms with Crippen molar-refractivity contribution in [2.45, 2.75) is 0 Å². The molecule has 0 bridgehead atoms. The Hall–Kier alpha value is -1.38. The van der Waals surface area contributed by atoms with Gasteiger partial charge in [-0.2, -0.15) is 0 Å². The van der Waals surface area contributed by atoms with E-state index < -0.39 is 0 Å². The molecule has 0 fully saturated rings. The molecule has 3 nitrogen and oxygen atoms in total. The highest BCUT2D eigenvalue weighted by Crippen LogP contribution is 2.00. The Morgan fingerprint density at radius 1 is 1.78 bits per heavy atom. The number of carbonyl (C=O) groups is 1. The molecule has 1 aromatic heterocycles. The third-order valence-electron chi connectivity index (χ3n) is 0.872. The summed E-state index contributed by atoms with van der Waals surface area (Å²) in [7, 11) is 0. The Kier molecular flexibility index (Phi) is 1.44. The summed E-state index contributed by atoms with van der Waals surface area (Å²) >= 11 is 0. The molecule has 1 aromatic rings. The SMILES string of the molecule is C=Cc1cc(C=O)on1. The second-order valence-electron chi connectivity index (χ2n) is 1.48. The molecule has 0 amide bonds. The smallest absolute Gasteiger partial charge is 0.199 e. The van der Waals surface area contributed by atoms with E-state index in [1.807, 2.05) is 0 Å². The van der Waals surface area contributed by atoms with Crippen LogP contribution < -0.4 is 0 Å². The lowest BCUT2D eigenvalue weighted by Gasteiger charge is -1.67. The van der Waals surface area contributed by atoms with Crippen LogP contribution in [0.2, 0.25) is 0 Å². The first kappa shape index (κ1) is 5.75. The topological polar surface area (TPSA) is 43.1 Å². The minimum atomic E-state index is 0.227. The van der Waals surface area contributed by atoms with Crippen molar-refractivity contribution < 1.29 is 9.32 Å². The second kappa shape index (κ2) is 2.26. The largest absolute Gasteiger partial charge is 0.353 e. The molecule has 3 heteroatoms. The van der Waals surface area contributed by atoms with E-state index in [1.165, 1.54) is 12.1 Å². The Balaban J connectivity index is 2.98. The molecule has 0 unspecified atom stereocenters. The van der Waals surface area contributed by atoms with E-state index in [9.17, 15) is 4.79 Å². The monoisotopic (exact) mass is 123 g/mol. The van der Waals surface area contributed by atoms with Crippen LogP contribution in [0.5, 0.6) is 0 Å². The Morgan fingerprint density at radius 3 is 2.89 bits per heavy atom. The van der Waals surface area contributed by atoms with Gasteiger partial charge in [0.05, 0.1) is 0 Å². The minimum absolute atomic E-state index is 0.227. The molecular weight excluding hydrogens is 118 g/mol. The van der Waals surface area contributed by atoms with Gasteiger partial charge in [0.15, 0.2) is 12.0 Å². The first-order valence-corrected chi connectivity index (χ1v) is 2.41. The molecule has 1 heterocycles. The number of hydrogen-bond donors (Lipinski definition) is 0. The van der Waals surface area contributed by atoms with Crippen molar-refractivity contribution >= 4 is 12.4 Å². The van der Waals surface area contributed by atoms with Crippen molar-refractivity contribution in [3.63, 3.8) is 0 Å². The maximum Gasteiger partial charge on any atom is 0.199 e. The predicted molar refractivity (Wildman–Crippen MR) is 32.0 cm³/mol. The Morgan fingerprint density at radius 2 is 2.56 bits per heavy atom. The van der Waals surface area contributed by atoms with Crippen molar-refractivity contribution in [3.05, 3.63) is 24.1 Å². The molecule has 0 N–H and O–H groups in total. The summed E-state index contributed by atoms with van der Waals surface area (Å²) in [6.45, 7) is 3.44. The van der Waals surface area contributed by atoms with Gasteiger partial charge in [-0.1, -0.05) is 11.7 Å². The van der Waals surface area contributed by atoms with Crippen LogP contribution in [0.1, 0.15) is 16.2 Å². The van der Waals surface area contributed by atoms with Crippen LogP contribution >= 0.6 is 0 Å². The van der Waals surface area contributed by atoms with Gasteiger partial charge < -0.3 is 4.52 Å². The molecule has 0 aliphatic heterocycles. The van der Waals surface area contributed by atoms with E-state index in [0.717, 1.165) is 0 Å². The number of rotatable bonds is 2. The normalized spacial score (nSPS) is 8.89. The summed E-state index contributed by atoms with van der Waals surface area (Å²) in [4.78, 5) is 9.97. The average molecular weight is 123 g/mol. The fraction of sp³-hybridized carbons (Fsp3) is 0. The zero-order chi connectivity index (χ0) is 6.69. The van der Waals surface area contributed by atoms with Gasteiger partial charge >= 0.3 is 0 Å². The van der Waals surface area contributed by atoms with Crippen LogP contribution in [0.4, 0.5) is 0 Å². The highest BCUT2D eigenvalue weighted by atomic mass is 16.5. The standard InChI is InChI=1S/C6H5NO2/c1-2-5-3-6(4-8)9-7-5/h2-4H,1H2. The molecule has 0 aliphatic carbocycles. The molecule has 1 rings (SSSR count). The summed E-state index contributed by atoms with van der Waals surface area (Å²) in [5.41, 5.74) is 0.581. The van der Waals surface area contributed by atoms with E-state index >= 15 is 0 Å². The number of carbonyl (C=O) groups excluding carboxylic acids is 1. The third-order valence-corrected chi connectivity index (χ3v) is 0.872. The average Bonchev–Trinajstić information content (AvgIpc) is 2.34. The molecule has 0 spiro atoms. The van der Waals surface area contributed by atoms with Gasteiger partial charge in [-0.15, -0.1) is 0 Å². The Labute approximate surface area is 52.0 Å². The quantitative estimate of drug-likeness (QED) is 0.553. The first-order valence-electron chi connectivity index (χ1n) is 2.41. The van der Waals surface area contributed by atoms with E-state index in [2.05, 4.69) is 16.3 Å². The Bertz CT molecular complexity index is 204. The molecule has 0 saturated carbocycles. The van der Waals surface area contributed by atoms with Crippen molar-refractivity contribution in [1.29, 1.82) is 0 Å². The zero-order valence-corrected chi connectivity index (χ0v) is 4.70. The van der Waals surface area contributed by atoms with Crippen molar-refractivity contribution in [1.82, 2.24) is 5.16 Å². The third kappa shape index (κ3) is 1.05. The van der Waals surface area contributed by atoms with Crippen molar-refractivity contribution in [3.8, 4) is 0 Å². The lowest BCUT2D eigenvalue weighted by atomic mass is 10.4. The van der Waals surface area contributed by atoms with Gasteiger partial charge in [-0.3, -0.25) is 4.79 Å². The maximum absolute atomic E-state index is 9.97. The van der Waals surface area contributed by atoms with Crippen molar-refractivity contribution in [2.24, 2.45) is 0 Å². The summed E-state index contributed by atoms with van der Waals surface area (Å²) in [5, 5.41) is 3.48. The van der Waals surface area contributed by atoms with Gasteiger partial charge in [-0.25, -0.2) is 0 Å². The number of aromatic nitrogens is 1. The fourth-order valence-electron chi connectivity index (χ4n) is 0.456. The van der Waals surface area contributed by atoms with Gasteiger partial charge in [0, 0.05) is 6.07 Å². The van der Waals surface area contributed by atoms with E-state index in [-0.39, 0.29) is 5.76 Å². The lowest BCUT2D eigenvalue weighted by molar-refractivity contribution is 0.109. The maximum atomic E-state index is 9.97. The number of nitrogens with zero attached hydrogens (tertiary/aromatic N) is 1. The predicted octanol–water partition coefficient (Wildman–Crippen LogP) is 1.13. The molecule has 0 atom stereocenters. The summed E-state index contributed by atoms with van der Waals surface area (Å²) in [5.74, 6) is 0.227. The summed E-state index contributed by atoms with van der Waals surface area (Å²) < 4.78 is 4.52. The zero-order valence-electron chi connectivity index (χ0n) is 4.70. The van der Waals surface area contributed by atoms with Crippen LogP contribution in [0.15, 0.2) is 17.2 Å². The van der Waals surface area contributed by atoms with Crippen LogP contribution in [-0.2, 0) is 0 Å². The summed E-state index contributed by atoms with van der Waals surface area (Å²) in [6, 6.07) is 1.51. The van der Waals surface area contributed by atoms with E-state index in [0.29, 0.717) is 12.0 Å². The lowest BCUT2D eigenvalue weighted by Crippen LogP contribution is -1.66. The highest BCUT2D eigenvalue weighted by molar-refractivity contribution is 5.71. The minimum Gasteiger partial charge on any atom is -0.353 e. The molecule has 9 heavy (non-hydrogen) atoms. The molecule has 46 valence electrons. The first-order chi connectivity index (χ1) is 4.36. The van der Waals surface area contributed by atoms with Crippen LogP contribution in [-0.4, -0.2) is 11.4 Å². The fourth-order valence-corrected chi connectivity index (χ4v) is 0.456. The van der Waals surface area contributed by atoms with E-state index in [4.69, 9.17) is 0 Å². The van der Waals surface area contributed by atoms with Crippen LogP contribution in [0.25, 0.3) is 6.08 Å². The van der Waals surface area contributed by atoms with Crippen molar-refractivity contribution in [2.75, 3.05) is 0 Å². The molecule has 0 saturated heterocycles.